The maximum Gasteiger partial charge on any atom is 0.220 e. The van der Waals surface area contributed by atoms with Crippen LogP contribution in [-0.4, -0.2) is 24.2 Å². The van der Waals surface area contributed by atoms with E-state index in [-0.39, 0.29) is 0 Å². The van der Waals surface area contributed by atoms with Crippen molar-refractivity contribution in [2.24, 2.45) is 21.1 Å². The molecule has 9 aromatic rings. The Morgan fingerprint density at radius 1 is 0.319 bits per heavy atom. The van der Waals surface area contributed by atoms with Crippen LogP contribution < -0.4 is 29.3 Å². The SMILES string of the molecule is CC[Si](CC)(c1ccc2c(-c3cc(C(C)C)cc(C(C)C)c3C)[n+](C)ccc2c1)C(C)(C)C.CC[Si](CC)(c1ccc2c(-c3cc(C(C)C)cc(C)c3C)[n+](C)ccc2c1)C(C)(C)C.CC[Si](CC)(c1ccc2c(-c3cc(C(C)C)ccc3C)[n+](C)ccc2c1)C(C)(C)C. The minimum atomic E-state index is -1.61. The summed E-state index contributed by atoms with van der Waals surface area (Å²) in [5.74, 6) is 2.09. The Morgan fingerprint density at radius 2 is 0.628 bits per heavy atom. The van der Waals surface area contributed by atoms with Crippen molar-refractivity contribution in [1.29, 1.82) is 0 Å². The van der Waals surface area contributed by atoms with Gasteiger partial charge in [-0.05, 0) is 164 Å². The zero-order chi connectivity index (χ0) is 70.1. The van der Waals surface area contributed by atoms with E-state index in [2.05, 4.69) is 356 Å². The number of rotatable bonds is 16. The lowest BCUT2D eigenvalue weighted by molar-refractivity contribution is -0.659. The Morgan fingerprint density at radius 3 is 0.936 bits per heavy atom. The third-order valence-corrected chi connectivity index (χ3v) is 43.9. The average molecular weight is 1310 g/mol. The number of hydrogen-bond acceptors (Lipinski definition) is 0. The van der Waals surface area contributed by atoms with Crippen molar-refractivity contribution in [3.63, 3.8) is 0 Å². The maximum atomic E-state index is 2.54. The summed E-state index contributed by atoms with van der Waals surface area (Å²) in [5.41, 5.74) is 19.4. The average Bonchev–Trinajstić information content (AvgIpc) is 0.760. The van der Waals surface area contributed by atoms with Crippen LogP contribution in [0.3, 0.4) is 0 Å². The highest BCUT2D eigenvalue weighted by molar-refractivity contribution is 6.95. The van der Waals surface area contributed by atoms with Gasteiger partial charge in [-0.2, -0.15) is 0 Å². The zero-order valence-electron chi connectivity index (χ0n) is 65.1. The summed E-state index contributed by atoms with van der Waals surface area (Å²) >= 11 is 0. The smallest absolute Gasteiger partial charge is 0.200 e. The van der Waals surface area contributed by atoms with Crippen LogP contribution in [-0.2, 0) is 21.1 Å². The van der Waals surface area contributed by atoms with Crippen molar-refractivity contribution in [3.8, 4) is 33.8 Å². The Bertz CT molecular complexity index is 4140. The largest absolute Gasteiger partial charge is 0.220 e. The predicted octanol–water partition coefficient (Wildman–Crippen LogP) is 23.2. The van der Waals surface area contributed by atoms with Gasteiger partial charge in [0.15, 0.2) is 18.6 Å². The quantitative estimate of drug-likeness (QED) is 0.0675. The van der Waals surface area contributed by atoms with Gasteiger partial charge in [-0.15, -0.1) is 0 Å². The van der Waals surface area contributed by atoms with Gasteiger partial charge in [0.1, 0.15) is 21.1 Å². The number of fused-ring (bicyclic) bond motifs is 3. The molecule has 0 atom stereocenters. The molecule has 3 heterocycles. The van der Waals surface area contributed by atoms with Crippen molar-refractivity contribution in [2.45, 2.75) is 262 Å². The fourth-order valence-electron chi connectivity index (χ4n) is 17.1. The first-order chi connectivity index (χ1) is 43.9. The van der Waals surface area contributed by atoms with Crippen LogP contribution in [0.4, 0.5) is 0 Å². The van der Waals surface area contributed by atoms with Crippen molar-refractivity contribution in [3.05, 3.63) is 178 Å². The lowest BCUT2D eigenvalue weighted by Crippen LogP contribution is -2.53. The first-order valence-corrected chi connectivity index (χ1v) is 43.8. The topological polar surface area (TPSA) is 11.6 Å². The fourth-order valence-corrected chi connectivity index (χ4v) is 32.5. The molecule has 0 saturated carbocycles. The summed E-state index contributed by atoms with van der Waals surface area (Å²) in [7, 11) is 1.76. The fraction of sp³-hybridized carbons (Fsp3) is 0.489. The van der Waals surface area contributed by atoms with Crippen molar-refractivity contribution in [1.82, 2.24) is 0 Å². The summed E-state index contributed by atoms with van der Waals surface area (Å²) < 4.78 is 6.93. The number of hydrogen-bond donors (Lipinski definition) is 0. The molecule has 504 valence electrons. The van der Waals surface area contributed by atoms with Gasteiger partial charge in [-0.25, -0.2) is 13.7 Å². The summed E-state index contributed by atoms with van der Waals surface area (Å²) in [5, 5.41) is 14.1. The van der Waals surface area contributed by atoms with Crippen molar-refractivity contribution in [2.75, 3.05) is 0 Å². The normalized spacial score (nSPS) is 12.8. The van der Waals surface area contributed by atoms with Gasteiger partial charge < -0.3 is 0 Å². The number of pyridine rings is 3. The van der Waals surface area contributed by atoms with E-state index in [1.807, 2.05) is 0 Å². The molecule has 0 spiro atoms. The number of aryl methyl sites for hydroxylation is 5. The standard InChI is InChI=1S/C31H46NSi.C29H42NSi.C28H40NSi/c1-12-33(13-2,31(8,9)10)26-14-15-27-24(18-26)16-17-32(11)30(27)29-20-25(21(3)4)19-28(22(5)6)23(29)7;1-11-31(12-2,29(7,8)9)25-13-14-26-23(18-25)15-16-30(10)28(26)27-19-24(20(3)4)17-21(5)22(27)6;1-10-30(11-2,28(6,7)8)24-14-15-25-23(18-24)16-17-29(9)27(25)26-19-22(20(3)4)13-12-21(26)5/h14-22H,12-13H2,1-11H3;13-20H,11-12H2,1-10H3;12-20H,10-11H2,1-9H3/q3*+1. The molecule has 0 N–H and O–H groups in total. The number of nitrogens with zero attached hydrogens (tertiary/aromatic N) is 3. The Balaban J connectivity index is 0.000000200. The molecule has 0 fully saturated rings. The first-order valence-electron chi connectivity index (χ1n) is 36.6. The molecule has 0 saturated heterocycles. The predicted molar refractivity (Wildman–Crippen MR) is 425 cm³/mol. The molecule has 9 rings (SSSR count). The number of aromatic nitrogens is 3. The van der Waals surface area contributed by atoms with Gasteiger partial charge in [0.25, 0.3) is 0 Å². The molecule has 0 aliphatic heterocycles. The third-order valence-electron chi connectivity index (χ3n) is 23.8. The first kappa shape index (κ1) is 75.6. The molecular weight excluding hydrogens is 1180 g/mol. The van der Waals surface area contributed by atoms with Crippen LogP contribution in [0.15, 0.2) is 134 Å². The summed E-state index contributed by atoms with van der Waals surface area (Å²) in [4.78, 5) is 0. The van der Waals surface area contributed by atoms with E-state index in [1.165, 1.54) is 147 Å². The van der Waals surface area contributed by atoms with Crippen LogP contribution in [0.5, 0.6) is 0 Å². The van der Waals surface area contributed by atoms with Crippen LogP contribution in [0.2, 0.25) is 51.4 Å². The molecule has 6 aromatic carbocycles. The van der Waals surface area contributed by atoms with Gasteiger partial charge in [0, 0.05) is 23.8 Å². The Labute approximate surface area is 577 Å². The molecule has 0 aliphatic rings. The molecule has 0 amide bonds. The third kappa shape index (κ3) is 14.4. The second-order valence-corrected chi connectivity index (χ2v) is 49.8. The molecule has 3 nitrogen and oxygen atoms in total. The molecule has 6 heteroatoms. The van der Waals surface area contributed by atoms with Crippen LogP contribution in [0.25, 0.3) is 66.1 Å². The van der Waals surface area contributed by atoms with E-state index >= 15 is 0 Å². The second kappa shape index (κ2) is 29.5. The molecule has 94 heavy (non-hydrogen) atoms. The molecule has 3 aromatic heterocycles. The van der Waals surface area contributed by atoms with Crippen LogP contribution >= 0.6 is 0 Å². The lowest BCUT2D eigenvalue weighted by atomic mass is 9.86. The highest BCUT2D eigenvalue weighted by Gasteiger charge is 2.45. The van der Waals surface area contributed by atoms with Gasteiger partial charge in [0.05, 0.1) is 51.5 Å². The summed E-state index contributed by atoms with van der Waals surface area (Å²) in [6.45, 7) is 64.0. The minimum absolute atomic E-state index is 0.348. The van der Waals surface area contributed by atoms with Gasteiger partial charge in [-0.3, -0.25) is 0 Å². The van der Waals surface area contributed by atoms with E-state index in [0.717, 1.165) is 0 Å². The van der Waals surface area contributed by atoms with E-state index < -0.39 is 24.2 Å². The van der Waals surface area contributed by atoms with E-state index in [1.54, 1.807) is 15.6 Å². The van der Waals surface area contributed by atoms with Crippen LogP contribution in [0, 0.1) is 27.7 Å². The summed E-state index contributed by atoms with van der Waals surface area (Å²) in [6, 6.07) is 53.5. The Kier molecular flexibility index (Phi) is 23.7. The highest BCUT2D eigenvalue weighted by Crippen LogP contribution is 2.45. The maximum absolute atomic E-state index is 2.54. The van der Waals surface area contributed by atoms with E-state index in [9.17, 15) is 0 Å². The highest BCUT2D eigenvalue weighted by atomic mass is 28.3. The zero-order valence-corrected chi connectivity index (χ0v) is 68.1. The van der Waals surface area contributed by atoms with Crippen LogP contribution in [0.1, 0.15) is 227 Å². The van der Waals surface area contributed by atoms with Crippen molar-refractivity contribution >= 4 is 72.1 Å². The van der Waals surface area contributed by atoms with Gasteiger partial charge in [0.2, 0.25) is 17.1 Å². The lowest BCUT2D eigenvalue weighted by Gasteiger charge is -2.42. The molecule has 0 aliphatic carbocycles. The van der Waals surface area contributed by atoms with Gasteiger partial charge >= 0.3 is 0 Å². The minimum Gasteiger partial charge on any atom is -0.200 e. The Hall–Kier alpha value is -5.80. The monoisotopic (exact) mass is 1310 g/mol. The molecular formula is C88H128N3Si3+3. The molecule has 0 bridgehead atoms. The van der Waals surface area contributed by atoms with E-state index in [4.69, 9.17) is 0 Å². The van der Waals surface area contributed by atoms with Crippen molar-refractivity contribution < 1.29 is 13.7 Å². The van der Waals surface area contributed by atoms with E-state index in [0.29, 0.717) is 38.8 Å². The number of benzene rings is 6. The molecule has 0 unspecified atom stereocenters. The second-order valence-electron chi connectivity index (χ2n) is 32.8. The molecule has 0 radical (unpaired) electrons. The van der Waals surface area contributed by atoms with Gasteiger partial charge in [-0.1, -0.05) is 272 Å². The summed E-state index contributed by atoms with van der Waals surface area (Å²) in [6.07, 6.45) is 6.74.